The molecule has 0 aliphatic heterocycles. The number of rotatable bonds is 2. The van der Waals surface area contributed by atoms with Gasteiger partial charge in [0.25, 0.3) is 5.91 Å². The molecule has 0 fully saturated rings. The molecule has 0 saturated carbocycles. The number of nitrogens with one attached hydrogen (secondary N) is 1. The van der Waals surface area contributed by atoms with E-state index >= 15 is 0 Å². The summed E-state index contributed by atoms with van der Waals surface area (Å²) in [5, 5.41) is 11.4. The monoisotopic (exact) mass is 251 g/mol. The fraction of sp³-hybridized carbons (Fsp3) is 0.133. The zero-order chi connectivity index (χ0) is 13.8. The van der Waals surface area contributed by atoms with Crippen LogP contribution < -0.4 is 5.32 Å². The summed E-state index contributed by atoms with van der Waals surface area (Å²) in [6.45, 7) is 4.01. The number of hydrogen-bond donors (Lipinski definition) is 1. The number of aromatic nitrogens is 1. The van der Waals surface area contributed by atoms with E-state index in [1.54, 1.807) is 6.07 Å². The summed E-state index contributed by atoms with van der Waals surface area (Å²) in [5.74, 6) is -0.236. The van der Waals surface area contributed by atoms with Gasteiger partial charge in [0, 0.05) is 11.9 Å². The highest BCUT2D eigenvalue weighted by molar-refractivity contribution is 6.04. The van der Waals surface area contributed by atoms with Gasteiger partial charge in [0.05, 0.1) is 5.56 Å². The lowest BCUT2D eigenvalue weighted by molar-refractivity contribution is 0.102. The Morgan fingerprint density at radius 2 is 2.00 bits per heavy atom. The fourth-order valence-corrected chi connectivity index (χ4v) is 1.62. The minimum absolute atomic E-state index is 0.236. The van der Waals surface area contributed by atoms with Crippen LogP contribution >= 0.6 is 0 Å². The summed E-state index contributed by atoms with van der Waals surface area (Å²) in [5.41, 5.74) is 3.77. The highest BCUT2D eigenvalue weighted by Crippen LogP contribution is 2.15. The highest BCUT2D eigenvalue weighted by Gasteiger charge is 2.07. The maximum absolute atomic E-state index is 12.0. The minimum atomic E-state index is -0.236. The van der Waals surface area contributed by atoms with Crippen LogP contribution in [0.5, 0.6) is 0 Å². The van der Waals surface area contributed by atoms with E-state index in [0.29, 0.717) is 11.3 Å². The van der Waals surface area contributed by atoms with Crippen LogP contribution in [-0.2, 0) is 0 Å². The molecule has 0 radical (unpaired) electrons. The number of benzene rings is 1. The zero-order valence-electron chi connectivity index (χ0n) is 10.8. The highest BCUT2D eigenvalue weighted by atomic mass is 16.1. The molecule has 4 nitrogen and oxygen atoms in total. The summed E-state index contributed by atoms with van der Waals surface area (Å²) < 4.78 is 0. The summed E-state index contributed by atoms with van der Waals surface area (Å²) in [6, 6.07) is 10.8. The van der Waals surface area contributed by atoms with Crippen molar-refractivity contribution in [1.29, 1.82) is 5.26 Å². The number of amides is 1. The van der Waals surface area contributed by atoms with Crippen LogP contribution in [0.1, 0.15) is 27.2 Å². The third-order valence-corrected chi connectivity index (χ3v) is 2.90. The van der Waals surface area contributed by atoms with Crippen molar-refractivity contribution in [1.82, 2.24) is 4.98 Å². The quantitative estimate of drug-likeness (QED) is 0.892. The zero-order valence-corrected chi connectivity index (χ0v) is 10.8. The maximum Gasteiger partial charge on any atom is 0.257 e. The standard InChI is InChI=1S/C15H13N3O/c1-10-3-5-13(7-11(10)2)18-15(19)12-4-6-14(8-16)17-9-12/h3-7,9H,1-2H3,(H,18,19). The van der Waals surface area contributed by atoms with Crippen LogP contribution in [0.25, 0.3) is 0 Å². The number of nitriles is 1. The molecule has 0 bridgehead atoms. The number of aryl methyl sites for hydroxylation is 2. The Morgan fingerprint density at radius 1 is 1.21 bits per heavy atom. The lowest BCUT2D eigenvalue weighted by Crippen LogP contribution is -2.12. The minimum Gasteiger partial charge on any atom is -0.322 e. The first-order valence-corrected chi connectivity index (χ1v) is 5.85. The third-order valence-electron chi connectivity index (χ3n) is 2.90. The van der Waals surface area contributed by atoms with E-state index in [4.69, 9.17) is 5.26 Å². The van der Waals surface area contributed by atoms with Crippen LogP contribution in [0, 0.1) is 25.2 Å². The first kappa shape index (κ1) is 12.8. The second-order valence-electron chi connectivity index (χ2n) is 4.30. The van der Waals surface area contributed by atoms with E-state index in [1.807, 2.05) is 38.1 Å². The normalized spacial score (nSPS) is 9.74. The Hall–Kier alpha value is -2.67. The molecule has 1 aromatic carbocycles. The molecule has 1 amide bonds. The Bertz CT molecular complexity index is 654. The lowest BCUT2D eigenvalue weighted by Gasteiger charge is -2.07. The van der Waals surface area contributed by atoms with Gasteiger partial charge in [-0.3, -0.25) is 4.79 Å². The summed E-state index contributed by atoms with van der Waals surface area (Å²) >= 11 is 0. The molecule has 0 saturated heterocycles. The molecular weight excluding hydrogens is 238 g/mol. The SMILES string of the molecule is Cc1ccc(NC(=O)c2ccc(C#N)nc2)cc1C. The predicted molar refractivity (Wildman–Crippen MR) is 72.8 cm³/mol. The second kappa shape index (κ2) is 5.32. The van der Waals surface area contributed by atoms with Crippen molar-refractivity contribution in [2.75, 3.05) is 5.32 Å². The van der Waals surface area contributed by atoms with Gasteiger partial charge in [0.2, 0.25) is 0 Å². The predicted octanol–water partition coefficient (Wildman–Crippen LogP) is 2.82. The summed E-state index contributed by atoms with van der Waals surface area (Å²) in [6.07, 6.45) is 1.40. The Balaban J connectivity index is 2.16. The first-order valence-electron chi connectivity index (χ1n) is 5.85. The van der Waals surface area contributed by atoms with E-state index in [0.717, 1.165) is 11.3 Å². The largest absolute Gasteiger partial charge is 0.322 e. The number of pyridine rings is 1. The van der Waals surface area contributed by atoms with Gasteiger partial charge in [0.1, 0.15) is 11.8 Å². The number of carbonyl (C=O) groups excluding carboxylic acids is 1. The van der Waals surface area contributed by atoms with E-state index in [9.17, 15) is 4.79 Å². The van der Waals surface area contributed by atoms with Crippen LogP contribution in [0.15, 0.2) is 36.5 Å². The first-order chi connectivity index (χ1) is 9.10. The molecule has 0 aliphatic rings. The van der Waals surface area contributed by atoms with Gasteiger partial charge < -0.3 is 5.32 Å². The van der Waals surface area contributed by atoms with Crippen LogP contribution in [0.2, 0.25) is 0 Å². The van der Waals surface area contributed by atoms with Gasteiger partial charge in [-0.25, -0.2) is 4.98 Å². The van der Waals surface area contributed by atoms with Gasteiger partial charge in [-0.05, 0) is 49.2 Å². The van der Waals surface area contributed by atoms with Crippen molar-refractivity contribution in [3.8, 4) is 6.07 Å². The van der Waals surface area contributed by atoms with E-state index in [2.05, 4.69) is 10.3 Å². The molecule has 1 N–H and O–H groups in total. The molecule has 4 heteroatoms. The summed E-state index contributed by atoms with van der Waals surface area (Å²) in [7, 11) is 0. The second-order valence-corrected chi connectivity index (χ2v) is 4.30. The molecule has 19 heavy (non-hydrogen) atoms. The molecule has 1 heterocycles. The molecule has 0 atom stereocenters. The van der Waals surface area contributed by atoms with Gasteiger partial charge in [-0.1, -0.05) is 6.07 Å². The number of anilines is 1. The molecule has 1 aromatic heterocycles. The molecule has 2 aromatic rings. The number of carbonyl (C=O) groups is 1. The molecule has 0 spiro atoms. The van der Waals surface area contributed by atoms with E-state index < -0.39 is 0 Å². The molecular formula is C15H13N3O. The topological polar surface area (TPSA) is 65.8 Å². The van der Waals surface area contributed by atoms with Crippen LogP contribution in [-0.4, -0.2) is 10.9 Å². The molecule has 0 unspecified atom stereocenters. The maximum atomic E-state index is 12.0. The van der Waals surface area contributed by atoms with Crippen molar-refractivity contribution in [2.45, 2.75) is 13.8 Å². The Labute approximate surface area is 111 Å². The van der Waals surface area contributed by atoms with Crippen molar-refractivity contribution < 1.29 is 4.79 Å². The smallest absolute Gasteiger partial charge is 0.257 e. The number of nitrogens with zero attached hydrogens (tertiary/aromatic N) is 2. The van der Waals surface area contributed by atoms with Gasteiger partial charge in [0.15, 0.2) is 0 Å². The van der Waals surface area contributed by atoms with Gasteiger partial charge in [-0.2, -0.15) is 5.26 Å². The van der Waals surface area contributed by atoms with Crippen molar-refractivity contribution in [3.63, 3.8) is 0 Å². The van der Waals surface area contributed by atoms with Crippen LogP contribution in [0.3, 0.4) is 0 Å². The summed E-state index contributed by atoms with van der Waals surface area (Å²) in [4.78, 5) is 15.8. The van der Waals surface area contributed by atoms with Crippen molar-refractivity contribution in [2.24, 2.45) is 0 Å². The molecule has 94 valence electrons. The Kier molecular flexibility index (Phi) is 3.58. The van der Waals surface area contributed by atoms with E-state index in [-0.39, 0.29) is 5.91 Å². The Morgan fingerprint density at radius 3 is 2.58 bits per heavy atom. The average Bonchev–Trinajstić information content (AvgIpc) is 2.43. The fourth-order valence-electron chi connectivity index (χ4n) is 1.62. The lowest BCUT2D eigenvalue weighted by atomic mass is 10.1. The van der Waals surface area contributed by atoms with Crippen molar-refractivity contribution >= 4 is 11.6 Å². The van der Waals surface area contributed by atoms with E-state index in [1.165, 1.54) is 17.8 Å². The molecule has 2 rings (SSSR count). The average molecular weight is 251 g/mol. The third kappa shape index (κ3) is 2.96. The molecule has 0 aliphatic carbocycles. The van der Waals surface area contributed by atoms with Gasteiger partial charge >= 0.3 is 0 Å². The van der Waals surface area contributed by atoms with Crippen LogP contribution in [0.4, 0.5) is 5.69 Å². The van der Waals surface area contributed by atoms with Gasteiger partial charge in [-0.15, -0.1) is 0 Å². The van der Waals surface area contributed by atoms with Crippen molar-refractivity contribution in [3.05, 3.63) is 58.9 Å². The number of hydrogen-bond acceptors (Lipinski definition) is 3.